The van der Waals surface area contributed by atoms with Crippen molar-refractivity contribution in [3.05, 3.63) is 45.2 Å². The van der Waals surface area contributed by atoms with Crippen molar-refractivity contribution in [2.75, 3.05) is 33.2 Å². The number of hydrogen-bond donors (Lipinski definition) is 1. The second kappa shape index (κ2) is 8.63. The van der Waals surface area contributed by atoms with Crippen LogP contribution in [0.25, 0.3) is 5.69 Å². The Kier molecular flexibility index (Phi) is 6.45. The van der Waals surface area contributed by atoms with Crippen LogP contribution in [0.4, 0.5) is 0 Å². The van der Waals surface area contributed by atoms with Crippen LogP contribution in [0.5, 0.6) is 0 Å². The monoisotopic (exact) mass is 409 g/mol. The van der Waals surface area contributed by atoms with Gasteiger partial charge in [0.05, 0.1) is 65.9 Å². The van der Waals surface area contributed by atoms with Crippen LogP contribution in [0, 0.1) is 0 Å². The first-order valence-electron chi connectivity index (χ1n) is 9.63. The van der Waals surface area contributed by atoms with E-state index in [1.54, 1.807) is 12.1 Å². The zero-order chi connectivity index (χ0) is 19.6. The van der Waals surface area contributed by atoms with Gasteiger partial charge in [-0.05, 0) is 31.0 Å². The van der Waals surface area contributed by atoms with E-state index in [-0.39, 0.29) is 5.91 Å². The molecule has 0 bridgehead atoms. The third kappa shape index (κ3) is 4.15. The topological polar surface area (TPSA) is 42.6 Å². The van der Waals surface area contributed by atoms with Crippen molar-refractivity contribution in [3.63, 3.8) is 0 Å². The fourth-order valence-corrected chi connectivity index (χ4v) is 3.86. The van der Waals surface area contributed by atoms with Crippen molar-refractivity contribution < 1.29 is 9.69 Å². The van der Waals surface area contributed by atoms with Crippen LogP contribution in [0.2, 0.25) is 10.0 Å². The van der Waals surface area contributed by atoms with Crippen LogP contribution in [-0.4, -0.2) is 53.8 Å². The molecule has 1 aromatic carbocycles. The Morgan fingerprint density at radius 2 is 1.89 bits per heavy atom. The van der Waals surface area contributed by atoms with Gasteiger partial charge in [-0.2, -0.15) is 5.10 Å². The number of nitrogens with zero attached hydrogens (tertiary/aromatic N) is 3. The second-order valence-electron chi connectivity index (χ2n) is 7.13. The number of aryl methyl sites for hydroxylation is 1. The van der Waals surface area contributed by atoms with E-state index in [2.05, 4.69) is 20.9 Å². The molecule has 2 aromatic rings. The molecule has 0 aliphatic carbocycles. The molecular formula is C20H27Cl2N4O+. The highest BCUT2D eigenvalue weighted by atomic mass is 35.5. The summed E-state index contributed by atoms with van der Waals surface area (Å²) in [6, 6.07) is 5.47. The Morgan fingerprint density at radius 3 is 2.48 bits per heavy atom. The smallest absolute Gasteiger partial charge is 0.258 e. The minimum atomic E-state index is 0.106. The van der Waals surface area contributed by atoms with E-state index in [0.29, 0.717) is 10.0 Å². The van der Waals surface area contributed by atoms with E-state index in [4.69, 9.17) is 28.3 Å². The molecule has 1 fully saturated rings. The molecule has 3 rings (SSSR count). The lowest BCUT2D eigenvalue weighted by Gasteiger charge is -2.30. The van der Waals surface area contributed by atoms with Crippen LogP contribution >= 0.6 is 23.2 Å². The minimum Gasteiger partial charge on any atom is -0.334 e. The number of carbonyl (C=O) groups excluding carboxylic acids is 1. The molecule has 0 saturated carbocycles. The number of piperazine rings is 1. The maximum Gasteiger partial charge on any atom is 0.258 e. The number of quaternary nitrogens is 1. The fourth-order valence-electron chi connectivity index (χ4n) is 3.57. The molecule has 1 amide bonds. The summed E-state index contributed by atoms with van der Waals surface area (Å²) in [7, 11) is 2.17. The van der Waals surface area contributed by atoms with E-state index in [9.17, 15) is 4.79 Å². The van der Waals surface area contributed by atoms with Gasteiger partial charge in [0.25, 0.3) is 5.91 Å². The number of aromatic nitrogens is 2. The molecule has 0 spiro atoms. The van der Waals surface area contributed by atoms with Crippen LogP contribution in [0.15, 0.2) is 18.2 Å². The predicted octanol–water partition coefficient (Wildman–Crippen LogP) is 2.66. The van der Waals surface area contributed by atoms with Crippen LogP contribution < -0.4 is 4.90 Å². The Morgan fingerprint density at radius 1 is 1.19 bits per heavy atom. The number of likely N-dealkylation sites (N-methyl/N-ethyl adjacent to an activating group) is 1. The number of benzene rings is 1. The van der Waals surface area contributed by atoms with E-state index >= 15 is 0 Å². The molecule has 5 nitrogen and oxygen atoms in total. The molecule has 0 atom stereocenters. The van der Waals surface area contributed by atoms with E-state index in [1.807, 2.05) is 15.6 Å². The Bertz CT molecular complexity index is 826. The summed E-state index contributed by atoms with van der Waals surface area (Å²) in [4.78, 5) is 16.8. The lowest BCUT2D eigenvalue weighted by molar-refractivity contribution is -0.883. The molecule has 1 aromatic heterocycles. The first kappa shape index (κ1) is 20.2. The molecule has 1 aliphatic heterocycles. The molecule has 2 heterocycles. The summed E-state index contributed by atoms with van der Waals surface area (Å²) in [6.07, 6.45) is 2.44. The zero-order valence-electron chi connectivity index (χ0n) is 16.2. The summed E-state index contributed by atoms with van der Waals surface area (Å²) in [5.74, 6) is 0.106. The summed E-state index contributed by atoms with van der Waals surface area (Å²) >= 11 is 12.3. The Balaban J connectivity index is 2.05. The van der Waals surface area contributed by atoms with Gasteiger partial charge in [-0.15, -0.1) is 0 Å². The van der Waals surface area contributed by atoms with Gasteiger partial charge in [-0.3, -0.25) is 4.79 Å². The molecule has 27 heavy (non-hydrogen) atoms. The van der Waals surface area contributed by atoms with Gasteiger partial charge in [-0.25, -0.2) is 4.68 Å². The van der Waals surface area contributed by atoms with E-state index < -0.39 is 0 Å². The fraction of sp³-hybridized carbons (Fsp3) is 0.500. The van der Waals surface area contributed by atoms with Crippen molar-refractivity contribution in [2.45, 2.75) is 33.1 Å². The first-order valence-corrected chi connectivity index (χ1v) is 10.4. The molecule has 0 unspecified atom stereocenters. The van der Waals surface area contributed by atoms with Gasteiger partial charge < -0.3 is 9.80 Å². The van der Waals surface area contributed by atoms with Crippen LogP contribution in [0.1, 0.15) is 42.0 Å². The number of nitrogens with one attached hydrogen (secondary N) is 1. The van der Waals surface area contributed by atoms with Gasteiger partial charge >= 0.3 is 0 Å². The summed E-state index contributed by atoms with van der Waals surface area (Å²) in [5.41, 5.74) is 3.41. The Labute approximate surface area is 170 Å². The lowest BCUT2D eigenvalue weighted by Crippen LogP contribution is -3.12. The lowest BCUT2D eigenvalue weighted by atomic mass is 10.1. The standard InChI is InChI=1S/C20H26Cl2N4O/c1-4-6-17-19(20(27)25-11-9-24(3)10-12-25)18(5-2)26(23-17)14-7-8-15(21)16(22)13-14/h7-8,13H,4-6,9-12H2,1-3H3/p+1. The van der Waals surface area contributed by atoms with Gasteiger partial charge in [-0.1, -0.05) is 43.5 Å². The third-order valence-electron chi connectivity index (χ3n) is 5.14. The molecule has 1 saturated heterocycles. The number of hydrogen-bond acceptors (Lipinski definition) is 2. The molecular weight excluding hydrogens is 383 g/mol. The average molecular weight is 410 g/mol. The third-order valence-corrected chi connectivity index (χ3v) is 5.88. The van der Waals surface area contributed by atoms with Crippen molar-refractivity contribution in [3.8, 4) is 5.69 Å². The minimum absolute atomic E-state index is 0.106. The highest BCUT2D eigenvalue weighted by Gasteiger charge is 2.29. The van der Waals surface area contributed by atoms with E-state index in [0.717, 1.165) is 68.1 Å². The molecule has 1 N–H and O–H groups in total. The maximum atomic E-state index is 13.4. The van der Waals surface area contributed by atoms with Gasteiger partial charge in [0.15, 0.2) is 0 Å². The van der Waals surface area contributed by atoms with Crippen molar-refractivity contribution in [1.29, 1.82) is 0 Å². The zero-order valence-corrected chi connectivity index (χ0v) is 17.7. The van der Waals surface area contributed by atoms with Crippen LogP contribution in [0.3, 0.4) is 0 Å². The quantitative estimate of drug-likeness (QED) is 0.824. The maximum absolute atomic E-state index is 13.4. The largest absolute Gasteiger partial charge is 0.334 e. The van der Waals surface area contributed by atoms with Gasteiger partial charge in [0, 0.05) is 0 Å². The summed E-state index contributed by atoms with van der Waals surface area (Å²) in [5, 5.41) is 5.80. The number of amides is 1. The number of halogens is 2. The first-order chi connectivity index (χ1) is 13.0. The van der Waals surface area contributed by atoms with Crippen molar-refractivity contribution in [2.24, 2.45) is 0 Å². The SMILES string of the molecule is CCCc1nn(-c2ccc(Cl)c(Cl)c2)c(CC)c1C(=O)N1CC[NH+](C)CC1. The molecule has 7 heteroatoms. The molecule has 0 radical (unpaired) electrons. The van der Waals surface area contributed by atoms with Crippen molar-refractivity contribution in [1.82, 2.24) is 14.7 Å². The number of rotatable bonds is 5. The highest BCUT2D eigenvalue weighted by Crippen LogP contribution is 2.27. The van der Waals surface area contributed by atoms with E-state index in [1.165, 1.54) is 4.90 Å². The predicted molar refractivity (Wildman–Crippen MR) is 109 cm³/mol. The van der Waals surface area contributed by atoms with Gasteiger partial charge in [0.1, 0.15) is 0 Å². The average Bonchev–Trinajstić information content (AvgIpc) is 3.02. The molecule has 146 valence electrons. The molecule has 1 aliphatic rings. The van der Waals surface area contributed by atoms with Crippen molar-refractivity contribution >= 4 is 29.1 Å². The summed E-state index contributed by atoms with van der Waals surface area (Å²) in [6.45, 7) is 7.71. The Hall–Kier alpha value is -1.56. The normalized spacial score (nSPS) is 15.4. The summed E-state index contributed by atoms with van der Waals surface area (Å²) < 4.78 is 1.86. The van der Waals surface area contributed by atoms with Crippen LogP contribution in [-0.2, 0) is 12.8 Å². The highest BCUT2D eigenvalue weighted by molar-refractivity contribution is 6.42. The number of carbonyl (C=O) groups is 1. The second-order valence-corrected chi connectivity index (χ2v) is 7.95. The van der Waals surface area contributed by atoms with Gasteiger partial charge in [0.2, 0.25) is 0 Å².